The van der Waals surface area contributed by atoms with Crippen LogP contribution in [0.3, 0.4) is 0 Å². The number of pyridine rings is 1. The summed E-state index contributed by atoms with van der Waals surface area (Å²) in [5, 5.41) is 0. The van der Waals surface area contributed by atoms with E-state index in [-0.39, 0.29) is 0 Å². The molecule has 2 aromatic carbocycles. The van der Waals surface area contributed by atoms with Crippen LogP contribution in [0.15, 0.2) is 48.7 Å². The van der Waals surface area contributed by atoms with Crippen LogP contribution in [0.25, 0.3) is 22.4 Å². The second kappa shape index (κ2) is 6.24. The molecule has 1 heteroatoms. The molecule has 1 heterocycles. The van der Waals surface area contributed by atoms with Crippen LogP contribution in [0.5, 0.6) is 0 Å². The second-order valence-corrected chi connectivity index (χ2v) is 6.99. The van der Waals surface area contributed by atoms with Gasteiger partial charge in [-0.05, 0) is 62.9 Å². The van der Waals surface area contributed by atoms with Crippen molar-refractivity contribution in [2.75, 3.05) is 0 Å². The predicted octanol–water partition coefficient (Wildman–Crippen LogP) is 5.39. The molecule has 3 aromatic rings. The van der Waals surface area contributed by atoms with Gasteiger partial charge < -0.3 is 0 Å². The second-order valence-electron chi connectivity index (χ2n) is 6.99. The van der Waals surface area contributed by atoms with Crippen LogP contribution in [0.1, 0.15) is 27.8 Å². The number of aromatic nitrogens is 1. The van der Waals surface area contributed by atoms with E-state index < -0.39 is 0 Å². The molecule has 1 aromatic heterocycles. The highest BCUT2D eigenvalue weighted by Crippen LogP contribution is 2.31. The van der Waals surface area contributed by atoms with Crippen LogP contribution < -0.4 is 4.57 Å². The van der Waals surface area contributed by atoms with Crippen LogP contribution in [0.2, 0.25) is 0 Å². The molecule has 24 heavy (non-hydrogen) atoms. The third kappa shape index (κ3) is 2.99. The van der Waals surface area contributed by atoms with Gasteiger partial charge in [-0.3, -0.25) is 0 Å². The standard InChI is InChI=1S/C23H26N/c1-15-11-16(2)13-21(12-15)20-8-7-18(4)22(14-20)23-19(5)17(3)9-10-24(23)6/h7-14H,1-6H3/q+1. The minimum Gasteiger partial charge on any atom is -0.201 e. The van der Waals surface area contributed by atoms with E-state index in [0.29, 0.717) is 0 Å². The van der Waals surface area contributed by atoms with Crippen molar-refractivity contribution in [3.05, 3.63) is 76.5 Å². The Hall–Kier alpha value is -2.41. The molecule has 0 amide bonds. The largest absolute Gasteiger partial charge is 0.215 e. The molecule has 0 saturated carbocycles. The van der Waals surface area contributed by atoms with Crippen molar-refractivity contribution in [1.29, 1.82) is 0 Å². The van der Waals surface area contributed by atoms with Crippen molar-refractivity contribution in [2.45, 2.75) is 34.6 Å². The first-order valence-corrected chi connectivity index (χ1v) is 8.52. The quantitative estimate of drug-likeness (QED) is 0.558. The van der Waals surface area contributed by atoms with Crippen LogP contribution in [-0.4, -0.2) is 0 Å². The maximum absolute atomic E-state index is 2.34. The lowest BCUT2D eigenvalue weighted by molar-refractivity contribution is -0.660. The lowest BCUT2D eigenvalue weighted by atomic mass is 9.93. The summed E-state index contributed by atoms with van der Waals surface area (Å²) in [6.45, 7) is 10.9. The summed E-state index contributed by atoms with van der Waals surface area (Å²) in [7, 11) is 2.13. The molecule has 0 aliphatic carbocycles. The van der Waals surface area contributed by atoms with Gasteiger partial charge in [-0.25, -0.2) is 4.57 Å². The molecule has 0 spiro atoms. The van der Waals surface area contributed by atoms with Gasteiger partial charge in [-0.15, -0.1) is 0 Å². The fraction of sp³-hybridized carbons (Fsp3) is 0.261. The molecule has 122 valence electrons. The Kier molecular flexibility index (Phi) is 4.28. The topological polar surface area (TPSA) is 3.88 Å². The van der Waals surface area contributed by atoms with Crippen LogP contribution in [-0.2, 0) is 7.05 Å². The molecule has 3 rings (SSSR count). The van der Waals surface area contributed by atoms with E-state index in [0.717, 1.165) is 0 Å². The molecule has 0 radical (unpaired) electrons. The highest BCUT2D eigenvalue weighted by atomic mass is 14.9. The van der Waals surface area contributed by atoms with Crippen molar-refractivity contribution >= 4 is 0 Å². The summed E-state index contributed by atoms with van der Waals surface area (Å²) in [5.74, 6) is 0. The number of nitrogens with zero attached hydrogens (tertiary/aromatic N) is 1. The smallest absolute Gasteiger partial charge is 0.201 e. The third-order valence-electron chi connectivity index (χ3n) is 4.90. The van der Waals surface area contributed by atoms with E-state index >= 15 is 0 Å². The number of benzene rings is 2. The summed E-state index contributed by atoms with van der Waals surface area (Å²) in [5.41, 5.74) is 11.8. The lowest BCUT2D eigenvalue weighted by Gasteiger charge is -2.12. The van der Waals surface area contributed by atoms with Crippen molar-refractivity contribution in [1.82, 2.24) is 0 Å². The van der Waals surface area contributed by atoms with Gasteiger partial charge in [0.05, 0.1) is 0 Å². The summed E-state index contributed by atoms with van der Waals surface area (Å²) >= 11 is 0. The summed E-state index contributed by atoms with van der Waals surface area (Å²) in [4.78, 5) is 0. The molecule has 1 nitrogen and oxygen atoms in total. The van der Waals surface area contributed by atoms with Crippen molar-refractivity contribution in [3.8, 4) is 22.4 Å². The van der Waals surface area contributed by atoms with Crippen LogP contribution >= 0.6 is 0 Å². The van der Waals surface area contributed by atoms with E-state index in [1.807, 2.05) is 0 Å². The van der Waals surface area contributed by atoms with Gasteiger partial charge in [0.25, 0.3) is 0 Å². The fourth-order valence-electron chi connectivity index (χ4n) is 3.46. The monoisotopic (exact) mass is 316 g/mol. The van der Waals surface area contributed by atoms with E-state index in [1.54, 1.807) is 0 Å². The van der Waals surface area contributed by atoms with E-state index in [2.05, 4.69) is 94.9 Å². The first-order chi connectivity index (χ1) is 11.4. The van der Waals surface area contributed by atoms with Gasteiger partial charge in [-0.2, -0.15) is 0 Å². The van der Waals surface area contributed by atoms with E-state index in [4.69, 9.17) is 0 Å². The van der Waals surface area contributed by atoms with Gasteiger partial charge in [0, 0.05) is 17.2 Å². The summed E-state index contributed by atoms with van der Waals surface area (Å²) in [6, 6.07) is 15.8. The number of hydrogen-bond acceptors (Lipinski definition) is 0. The highest BCUT2D eigenvalue weighted by molar-refractivity contribution is 5.74. The molecule has 0 aliphatic heterocycles. The van der Waals surface area contributed by atoms with Crippen LogP contribution in [0.4, 0.5) is 0 Å². The van der Waals surface area contributed by atoms with Crippen molar-refractivity contribution in [2.24, 2.45) is 7.05 Å². The summed E-state index contributed by atoms with van der Waals surface area (Å²) < 4.78 is 2.23. The Labute approximate surface area is 145 Å². The Balaban J connectivity index is 2.23. The SMILES string of the molecule is Cc1cc(C)cc(-c2ccc(C)c(-c3c(C)c(C)cc[n+]3C)c2)c1. The van der Waals surface area contributed by atoms with E-state index in [1.165, 1.54) is 50.2 Å². The first-order valence-electron chi connectivity index (χ1n) is 8.52. The minimum atomic E-state index is 1.28. The first kappa shape index (κ1) is 16.4. The molecule has 0 atom stereocenters. The van der Waals surface area contributed by atoms with Crippen molar-refractivity contribution < 1.29 is 4.57 Å². The van der Waals surface area contributed by atoms with Crippen LogP contribution in [0, 0.1) is 34.6 Å². The Bertz CT molecular complexity index is 899. The zero-order chi connectivity index (χ0) is 17.4. The molecule has 0 unspecified atom stereocenters. The minimum absolute atomic E-state index is 1.28. The number of aryl methyl sites for hydroxylation is 5. The Morgan fingerprint density at radius 3 is 2.00 bits per heavy atom. The Morgan fingerprint density at radius 1 is 0.667 bits per heavy atom. The maximum Gasteiger partial charge on any atom is 0.215 e. The zero-order valence-electron chi connectivity index (χ0n) is 15.6. The maximum atomic E-state index is 2.34. The van der Waals surface area contributed by atoms with Gasteiger partial charge >= 0.3 is 0 Å². The van der Waals surface area contributed by atoms with Crippen molar-refractivity contribution in [3.63, 3.8) is 0 Å². The molecule has 0 aliphatic rings. The van der Waals surface area contributed by atoms with Gasteiger partial charge in [0.1, 0.15) is 7.05 Å². The zero-order valence-corrected chi connectivity index (χ0v) is 15.6. The predicted molar refractivity (Wildman–Crippen MR) is 102 cm³/mol. The molecular formula is C23H26N+. The molecule has 0 N–H and O–H groups in total. The highest BCUT2D eigenvalue weighted by Gasteiger charge is 2.18. The van der Waals surface area contributed by atoms with Gasteiger partial charge in [0.2, 0.25) is 5.69 Å². The molecule has 0 saturated heterocycles. The lowest BCUT2D eigenvalue weighted by Crippen LogP contribution is -2.32. The van der Waals surface area contributed by atoms with Gasteiger partial charge in [0.15, 0.2) is 6.20 Å². The van der Waals surface area contributed by atoms with Gasteiger partial charge in [-0.1, -0.05) is 41.5 Å². The average molecular weight is 316 g/mol. The normalized spacial score (nSPS) is 10.9. The molecular weight excluding hydrogens is 290 g/mol. The Morgan fingerprint density at radius 2 is 1.33 bits per heavy atom. The van der Waals surface area contributed by atoms with E-state index in [9.17, 15) is 0 Å². The molecule has 0 bridgehead atoms. The average Bonchev–Trinajstić information content (AvgIpc) is 2.52. The number of hydrogen-bond donors (Lipinski definition) is 0. The number of rotatable bonds is 2. The fourth-order valence-corrected chi connectivity index (χ4v) is 3.46. The summed E-state index contributed by atoms with van der Waals surface area (Å²) in [6.07, 6.45) is 2.15. The third-order valence-corrected chi connectivity index (χ3v) is 4.90. The molecule has 0 fully saturated rings.